The molecule has 0 N–H and O–H groups in total. The van der Waals surface area contributed by atoms with E-state index in [1.807, 2.05) is 0 Å². The number of rotatable bonds is 4. The highest BCUT2D eigenvalue weighted by atomic mass is 35.5. The highest BCUT2D eigenvalue weighted by molar-refractivity contribution is 6.57. The number of hydrogen-bond donors (Lipinski definition) is 0. The van der Waals surface area contributed by atoms with Crippen LogP contribution in [0.15, 0.2) is 0 Å². The van der Waals surface area contributed by atoms with Gasteiger partial charge in [0.15, 0.2) is 0 Å². The van der Waals surface area contributed by atoms with Gasteiger partial charge in [0.05, 0.1) is 56.8 Å². The van der Waals surface area contributed by atoms with E-state index in [1.54, 1.807) is 6.92 Å². The fraction of sp³-hybridized carbons (Fsp3) is 0.125. The molecule has 0 bridgehead atoms. The molecule has 12 heteroatoms. The monoisotopic (exact) mass is 579 g/mol. The first-order valence-electron chi connectivity index (χ1n) is 7.04. The molecule has 0 saturated heterocycles. The Morgan fingerprint density at radius 2 is 0.821 bits per heavy atom. The largest absolute Gasteiger partial charge is 0.465 e. The van der Waals surface area contributed by atoms with E-state index in [1.165, 1.54) is 0 Å². The summed E-state index contributed by atoms with van der Waals surface area (Å²) in [5.74, 6) is -1.16. The Balaban J connectivity index is 2.99. The Morgan fingerprint density at radius 1 is 0.571 bits per heavy atom. The van der Waals surface area contributed by atoms with Gasteiger partial charge in [-0.2, -0.15) is 0 Å². The molecular weight excluding hydrogens is 579 g/mol. The van der Waals surface area contributed by atoms with Crippen LogP contribution >= 0.6 is 116 Å². The molecule has 0 spiro atoms. The van der Waals surface area contributed by atoms with E-state index in [0.717, 1.165) is 0 Å². The maximum Gasteiger partial charge on any atom is 0.323 e. The maximum atomic E-state index is 12.8. The quantitative estimate of drug-likeness (QED) is 0.203. The Bertz CT molecular complexity index is 845. The SMILES string of the molecule is CCOC(=O)[C](c1c(Cl)c(Cl)c(Cl)c(Cl)c1Cl)c1c(Cl)c(Cl)c(Cl)c(Cl)c1Cl. The average molecular weight is 584 g/mol. The zero-order valence-electron chi connectivity index (χ0n) is 13.3. The molecule has 2 nitrogen and oxygen atoms in total. The van der Waals surface area contributed by atoms with E-state index in [9.17, 15) is 4.79 Å². The zero-order chi connectivity index (χ0) is 21.5. The molecule has 0 heterocycles. The van der Waals surface area contributed by atoms with Gasteiger partial charge in [-0.25, -0.2) is 0 Å². The molecule has 0 aromatic heterocycles. The summed E-state index contributed by atoms with van der Waals surface area (Å²) in [6.07, 6.45) is 0. The normalized spacial score (nSPS) is 11.3. The second-order valence-electron chi connectivity index (χ2n) is 4.99. The van der Waals surface area contributed by atoms with Crippen LogP contribution in [0.2, 0.25) is 50.2 Å². The van der Waals surface area contributed by atoms with Crippen LogP contribution in [0.25, 0.3) is 0 Å². The second kappa shape index (κ2) is 9.96. The lowest BCUT2D eigenvalue weighted by atomic mass is 9.90. The predicted molar refractivity (Wildman–Crippen MR) is 121 cm³/mol. The van der Waals surface area contributed by atoms with Crippen molar-refractivity contribution >= 4 is 122 Å². The van der Waals surface area contributed by atoms with Crippen LogP contribution in [0.5, 0.6) is 0 Å². The lowest BCUT2D eigenvalue weighted by molar-refractivity contribution is -0.139. The van der Waals surface area contributed by atoms with Crippen molar-refractivity contribution in [3.8, 4) is 0 Å². The molecule has 0 aliphatic heterocycles. The molecule has 0 fully saturated rings. The Labute approximate surface area is 210 Å². The number of hydrogen-bond acceptors (Lipinski definition) is 2. The molecule has 151 valence electrons. The standard InChI is InChI=1S/C16H5Cl10O2/c1-2-28-16(27)3(4-6(17)10(21)14(25)11(22)7(4)18)5-8(19)12(23)15(26)13(24)9(5)20/h2H2,1H3. The molecule has 0 amide bonds. The van der Waals surface area contributed by atoms with E-state index in [2.05, 4.69) is 0 Å². The van der Waals surface area contributed by atoms with E-state index < -0.39 is 5.97 Å². The first-order valence-corrected chi connectivity index (χ1v) is 10.8. The van der Waals surface area contributed by atoms with Crippen molar-refractivity contribution < 1.29 is 9.53 Å². The Hall–Kier alpha value is 0.810. The first kappa shape index (κ1) is 25.1. The first-order chi connectivity index (χ1) is 13.0. The summed E-state index contributed by atoms with van der Waals surface area (Å²) in [6, 6.07) is 0. The highest BCUT2D eigenvalue weighted by Gasteiger charge is 2.38. The van der Waals surface area contributed by atoms with Gasteiger partial charge in [-0.3, -0.25) is 4.79 Å². The number of esters is 1. The van der Waals surface area contributed by atoms with E-state index >= 15 is 0 Å². The van der Waals surface area contributed by atoms with Gasteiger partial charge in [0, 0.05) is 11.1 Å². The third kappa shape index (κ3) is 4.39. The number of ether oxygens (including phenoxy) is 1. The molecule has 2 aromatic rings. The van der Waals surface area contributed by atoms with Crippen molar-refractivity contribution in [2.45, 2.75) is 6.92 Å². The topological polar surface area (TPSA) is 26.3 Å². The lowest BCUT2D eigenvalue weighted by Gasteiger charge is -2.23. The minimum Gasteiger partial charge on any atom is -0.465 e. The number of benzene rings is 2. The van der Waals surface area contributed by atoms with Gasteiger partial charge >= 0.3 is 5.97 Å². The van der Waals surface area contributed by atoms with Gasteiger partial charge in [-0.15, -0.1) is 0 Å². The summed E-state index contributed by atoms with van der Waals surface area (Å²) in [7, 11) is 0. The maximum absolute atomic E-state index is 12.8. The molecule has 0 aliphatic carbocycles. The number of carbonyl (C=O) groups is 1. The molecule has 2 rings (SSSR count). The smallest absolute Gasteiger partial charge is 0.323 e. The van der Waals surface area contributed by atoms with Crippen molar-refractivity contribution in [3.63, 3.8) is 0 Å². The molecule has 0 unspecified atom stereocenters. The van der Waals surface area contributed by atoms with Gasteiger partial charge in [0.25, 0.3) is 0 Å². The van der Waals surface area contributed by atoms with Crippen LogP contribution in [-0.4, -0.2) is 12.6 Å². The molecular formula is C16H5Cl10O2. The molecule has 0 saturated carbocycles. The Morgan fingerprint density at radius 3 is 1.07 bits per heavy atom. The van der Waals surface area contributed by atoms with Gasteiger partial charge in [-0.05, 0) is 6.92 Å². The lowest BCUT2D eigenvalue weighted by Crippen LogP contribution is -2.20. The summed E-state index contributed by atoms with van der Waals surface area (Å²) in [4.78, 5) is 12.8. The van der Waals surface area contributed by atoms with Gasteiger partial charge in [-0.1, -0.05) is 116 Å². The zero-order valence-corrected chi connectivity index (χ0v) is 20.9. The van der Waals surface area contributed by atoms with Crippen molar-refractivity contribution in [2.75, 3.05) is 6.61 Å². The predicted octanol–water partition coefficient (Wildman–Crippen LogP) is 9.75. The summed E-state index contributed by atoms with van der Waals surface area (Å²) in [6.45, 7) is 1.60. The van der Waals surface area contributed by atoms with E-state index in [0.29, 0.717) is 0 Å². The minimum atomic E-state index is -0.890. The molecule has 28 heavy (non-hydrogen) atoms. The number of halogens is 10. The van der Waals surface area contributed by atoms with Crippen molar-refractivity contribution in [3.05, 3.63) is 67.3 Å². The van der Waals surface area contributed by atoms with Gasteiger partial charge in [0.1, 0.15) is 5.92 Å². The molecule has 0 atom stereocenters. The number of carbonyl (C=O) groups excluding carboxylic acids is 1. The van der Waals surface area contributed by atoms with Crippen molar-refractivity contribution in [1.82, 2.24) is 0 Å². The average Bonchev–Trinajstić information content (AvgIpc) is 2.66. The van der Waals surface area contributed by atoms with Crippen LogP contribution in [0, 0.1) is 5.92 Å². The highest BCUT2D eigenvalue weighted by Crippen LogP contribution is 2.52. The molecule has 0 aliphatic rings. The summed E-state index contributed by atoms with van der Waals surface area (Å²) >= 11 is 61.8. The van der Waals surface area contributed by atoms with Crippen molar-refractivity contribution in [2.24, 2.45) is 0 Å². The summed E-state index contributed by atoms with van der Waals surface area (Å²) in [5, 5.41) is -1.51. The van der Waals surface area contributed by atoms with Crippen LogP contribution < -0.4 is 0 Å². The second-order valence-corrected chi connectivity index (χ2v) is 8.76. The van der Waals surface area contributed by atoms with Gasteiger partial charge < -0.3 is 4.74 Å². The van der Waals surface area contributed by atoms with Crippen molar-refractivity contribution in [1.29, 1.82) is 0 Å². The third-order valence-corrected chi connectivity index (χ3v) is 7.95. The van der Waals surface area contributed by atoms with E-state index in [-0.39, 0.29) is 73.9 Å². The molecule has 1 radical (unpaired) electrons. The molecule has 2 aromatic carbocycles. The Kier molecular flexibility index (Phi) is 8.91. The van der Waals surface area contributed by atoms with Crippen LogP contribution in [0.3, 0.4) is 0 Å². The summed E-state index contributed by atoms with van der Waals surface area (Å²) < 4.78 is 5.10. The fourth-order valence-electron chi connectivity index (χ4n) is 2.18. The minimum absolute atomic E-state index is 0.0108. The van der Waals surface area contributed by atoms with Gasteiger partial charge in [0.2, 0.25) is 0 Å². The fourth-order valence-corrected chi connectivity index (χ4v) is 4.84. The van der Waals surface area contributed by atoms with E-state index in [4.69, 9.17) is 121 Å². The third-order valence-electron chi connectivity index (χ3n) is 3.40. The van der Waals surface area contributed by atoms with Crippen LogP contribution in [-0.2, 0) is 9.53 Å². The summed E-state index contributed by atoms with van der Waals surface area (Å²) in [5.41, 5.74) is -0.223. The van der Waals surface area contributed by atoms with Crippen LogP contribution in [0.1, 0.15) is 18.1 Å². The van der Waals surface area contributed by atoms with Crippen LogP contribution in [0.4, 0.5) is 0 Å².